The Hall–Kier alpha value is -0.120. The lowest BCUT2D eigenvalue weighted by atomic mass is 10.1. The first-order valence-corrected chi connectivity index (χ1v) is 6.40. The highest BCUT2D eigenvalue weighted by Gasteiger charge is 2.24. The number of likely N-dealkylation sites (tertiary alicyclic amines) is 1. The second-order valence-corrected chi connectivity index (χ2v) is 6.30. The summed E-state index contributed by atoms with van der Waals surface area (Å²) in [4.78, 5) is 7.39. The third-order valence-corrected chi connectivity index (χ3v) is 3.87. The van der Waals surface area contributed by atoms with E-state index in [9.17, 15) is 0 Å². The summed E-state index contributed by atoms with van der Waals surface area (Å²) in [7, 11) is 6.60. The predicted molar refractivity (Wildman–Crippen MR) is 70.9 cm³/mol. The highest BCUT2D eigenvalue weighted by Crippen LogP contribution is 2.14. The fourth-order valence-electron chi connectivity index (χ4n) is 2.06. The highest BCUT2D eigenvalue weighted by atomic mass is 15.3. The molecule has 0 N–H and O–H groups in total. The molecule has 0 aromatic rings. The molecule has 3 heteroatoms. The maximum Gasteiger partial charge on any atom is 0.0229 e. The van der Waals surface area contributed by atoms with Crippen molar-refractivity contribution in [3.8, 4) is 0 Å². The van der Waals surface area contributed by atoms with Gasteiger partial charge in [-0.1, -0.05) is 0 Å². The van der Waals surface area contributed by atoms with E-state index in [0.717, 1.165) is 6.04 Å². The summed E-state index contributed by atoms with van der Waals surface area (Å²) in [6, 6.07) is 0.764. The summed E-state index contributed by atoms with van der Waals surface area (Å²) in [5, 5.41) is 0. The molecule has 96 valence electrons. The lowest BCUT2D eigenvalue weighted by Gasteiger charge is -2.33. The van der Waals surface area contributed by atoms with E-state index < -0.39 is 0 Å². The molecule has 1 heterocycles. The van der Waals surface area contributed by atoms with Crippen molar-refractivity contribution in [2.75, 3.05) is 47.3 Å². The lowest BCUT2D eigenvalue weighted by molar-refractivity contribution is 0.151. The monoisotopic (exact) mass is 227 g/mol. The Kier molecular flexibility index (Phi) is 4.77. The molecule has 3 nitrogen and oxygen atoms in total. The Balaban J connectivity index is 2.25. The molecule has 1 fully saturated rings. The van der Waals surface area contributed by atoms with Crippen molar-refractivity contribution in [2.45, 2.75) is 38.8 Å². The molecule has 0 radical (unpaired) electrons. The van der Waals surface area contributed by atoms with Gasteiger partial charge in [-0.2, -0.15) is 0 Å². The molecule has 0 spiro atoms. The van der Waals surface area contributed by atoms with Crippen LogP contribution in [0.1, 0.15) is 27.2 Å². The number of nitrogens with zero attached hydrogens (tertiary/aromatic N) is 3. The van der Waals surface area contributed by atoms with Gasteiger partial charge in [0.25, 0.3) is 0 Å². The van der Waals surface area contributed by atoms with Crippen LogP contribution in [0.3, 0.4) is 0 Å². The van der Waals surface area contributed by atoms with Gasteiger partial charge in [-0.3, -0.25) is 0 Å². The Morgan fingerprint density at radius 2 is 1.81 bits per heavy atom. The van der Waals surface area contributed by atoms with Crippen LogP contribution in [0, 0.1) is 0 Å². The third-order valence-electron chi connectivity index (χ3n) is 3.87. The third kappa shape index (κ3) is 4.04. The van der Waals surface area contributed by atoms with Crippen molar-refractivity contribution in [3.63, 3.8) is 0 Å². The molecule has 1 aliphatic heterocycles. The Morgan fingerprint density at radius 3 is 2.25 bits per heavy atom. The maximum absolute atomic E-state index is 2.59. The minimum atomic E-state index is 0.292. The predicted octanol–water partition coefficient (Wildman–Crippen LogP) is 1.35. The van der Waals surface area contributed by atoms with Gasteiger partial charge in [-0.25, -0.2) is 0 Å². The minimum Gasteiger partial charge on any atom is -0.305 e. The van der Waals surface area contributed by atoms with Crippen molar-refractivity contribution < 1.29 is 0 Å². The maximum atomic E-state index is 2.59. The highest BCUT2D eigenvalue weighted by molar-refractivity contribution is 4.82. The van der Waals surface area contributed by atoms with Crippen LogP contribution >= 0.6 is 0 Å². The van der Waals surface area contributed by atoms with Crippen LogP contribution in [0.4, 0.5) is 0 Å². The second-order valence-electron chi connectivity index (χ2n) is 6.30. The van der Waals surface area contributed by atoms with E-state index in [1.807, 2.05) is 0 Å². The zero-order valence-electron chi connectivity index (χ0n) is 12.0. The van der Waals surface area contributed by atoms with Crippen molar-refractivity contribution in [1.82, 2.24) is 14.7 Å². The molecular weight excluding hydrogens is 198 g/mol. The SMILES string of the molecule is CN(C)[C@H]1CCN(CCN(C)C(C)(C)C)C1. The van der Waals surface area contributed by atoms with E-state index in [1.54, 1.807) is 0 Å². The first-order chi connectivity index (χ1) is 7.30. The largest absolute Gasteiger partial charge is 0.305 e. The van der Waals surface area contributed by atoms with E-state index in [4.69, 9.17) is 0 Å². The first kappa shape index (κ1) is 13.9. The summed E-state index contributed by atoms with van der Waals surface area (Å²) >= 11 is 0. The molecule has 1 aliphatic rings. The van der Waals surface area contributed by atoms with Gasteiger partial charge in [-0.05, 0) is 54.9 Å². The van der Waals surface area contributed by atoms with Crippen molar-refractivity contribution >= 4 is 0 Å². The van der Waals surface area contributed by atoms with Crippen LogP contribution in [0.25, 0.3) is 0 Å². The van der Waals surface area contributed by atoms with E-state index in [-0.39, 0.29) is 0 Å². The molecule has 0 aromatic heterocycles. The van der Waals surface area contributed by atoms with Crippen LogP contribution in [-0.2, 0) is 0 Å². The van der Waals surface area contributed by atoms with Gasteiger partial charge in [0.05, 0.1) is 0 Å². The standard InChI is InChI=1S/C13H29N3/c1-13(2,3)15(6)9-10-16-8-7-12(11-16)14(4)5/h12H,7-11H2,1-6H3/t12-/m0/s1. The lowest BCUT2D eigenvalue weighted by Crippen LogP contribution is -2.43. The summed E-state index contributed by atoms with van der Waals surface area (Å²) in [6.07, 6.45) is 1.33. The van der Waals surface area contributed by atoms with Crippen LogP contribution in [0.2, 0.25) is 0 Å². The topological polar surface area (TPSA) is 9.72 Å². The average Bonchev–Trinajstić information content (AvgIpc) is 2.60. The summed E-state index contributed by atoms with van der Waals surface area (Å²) in [5.74, 6) is 0. The molecule has 0 aliphatic carbocycles. The Labute approximate surface area is 101 Å². The quantitative estimate of drug-likeness (QED) is 0.718. The number of hydrogen-bond acceptors (Lipinski definition) is 3. The molecular formula is C13H29N3. The first-order valence-electron chi connectivity index (χ1n) is 6.40. The smallest absolute Gasteiger partial charge is 0.0229 e. The van der Waals surface area contributed by atoms with Gasteiger partial charge < -0.3 is 14.7 Å². The fraction of sp³-hybridized carbons (Fsp3) is 1.00. The van der Waals surface area contributed by atoms with Crippen molar-refractivity contribution in [1.29, 1.82) is 0 Å². The van der Waals surface area contributed by atoms with Crippen molar-refractivity contribution in [3.05, 3.63) is 0 Å². The van der Waals surface area contributed by atoms with Gasteiger partial charge >= 0.3 is 0 Å². The van der Waals surface area contributed by atoms with Gasteiger partial charge in [0.1, 0.15) is 0 Å². The van der Waals surface area contributed by atoms with E-state index in [1.165, 1.54) is 32.6 Å². The zero-order chi connectivity index (χ0) is 12.3. The van der Waals surface area contributed by atoms with E-state index in [0.29, 0.717) is 5.54 Å². The normalized spacial score (nSPS) is 23.6. The van der Waals surface area contributed by atoms with Gasteiger partial charge in [0.2, 0.25) is 0 Å². The molecule has 0 saturated carbocycles. The molecule has 0 unspecified atom stereocenters. The van der Waals surface area contributed by atoms with Crippen LogP contribution in [0.5, 0.6) is 0 Å². The van der Waals surface area contributed by atoms with Gasteiger partial charge in [0, 0.05) is 31.2 Å². The molecule has 1 saturated heterocycles. The van der Waals surface area contributed by atoms with E-state index in [2.05, 4.69) is 56.6 Å². The Morgan fingerprint density at radius 1 is 1.19 bits per heavy atom. The molecule has 1 rings (SSSR count). The molecule has 0 amide bonds. The molecule has 0 bridgehead atoms. The molecule has 1 atom stereocenters. The number of rotatable bonds is 4. The number of likely N-dealkylation sites (N-methyl/N-ethyl adjacent to an activating group) is 2. The van der Waals surface area contributed by atoms with Crippen LogP contribution in [0.15, 0.2) is 0 Å². The van der Waals surface area contributed by atoms with Crippen LogP contribution in [-0.4, -0.2) is 73.6 Å². The minimum absolute atomic E-state index is 0.292. The summed E-state index contributed by atoms with van der Waals surface area (Å²) in [6.45, 7) is 11.7. The molecule has 0 aromatic carbocycles. The van der Waals surface area contributed by atoms with Gasteiger partial charge in [-0.15, -0.1) is 0 Å². The summed E-state index contributed by atoms with van der Waals surface area (Å²) < 4.78 is 0. The van der Waals surface area contributed by atoms with Crippen molar-refractivity contribution in [2.24, 2.45) is 0 Å². The zero-order valence-corrected chi connectivity index (χ0v) is 12.0. The van der Waals surface area contributed by atoms with Gasteiger partial charge in [0.15, 0.2) is 0 Å². The summed E-state index contributed by atoms with van der Waals surface area (Å²) in [5.41, 5.74) is 0.292. The number of hydrogen-bond donors (Lipinski definition) is 0. The fourth-order valence-corrected chi connectivity index (χ4v) is 2.06. The van der Waals surface area contributed by atoms with E-state index >= 15 is 0 Å². The Bertz CT molecular complexity index is 208. The average molecular weight is 227 g/mol. The second kappa shape index (κ2) is 5.48. The molecule has 16 heavy (non-hydrogen) atoms. The van der Waals surface area contributed by atoms with Crippen LogP contribution < -0.4 is 0 Å².